The van der Waals surface area contributed by atoms with Crippen molar-refractivity contribution in [2.75, 3.05) is 18.6 Å². The largest absolute Gasteiger partial charge is 0.489 e. The van der Waals surface area contributed by atoms with Crippen LogP contribution in [0.3, 0.4) is 0 Å². The average Bonchev–Trinajstić information content (AvgIpc) is 2.74. The minimum atomic E-state index is -3.58. The van der Waals surface area contributed by atoms with Crippen LogP contribution in [0.15, 0.2) is 84.9 Å². The number of anilines is 1. The molecule has 0 saturated carbocycles. The summed E-state index contributed by atoms with van der Waals surface area (Å²) in [5.74, 6) is 0.233. The summed E-state index contributed by atoms with van der Waals surface area (Å²) in [7, 11) is -2.18. The number of rotatable bonds is 8. The van der Waals surface area contributed by atoms with Gasteiger partial charge in [-0.25, -0.2) is 8.42 Å². The molecular formula is C23H24N2O4S. The van der Waals surface area contributed by atoms with Crippen LogP contribution in [0, 0.1) is 0 Å². The lowest BCUT2D eigenvalue weighted by molar-refractivity contribution is -0.119. The molecule has 0 aliphatic heterocycles. The van der Waals surface area contributed by atoms with Gasteiger partial charge in [0.1, 0.15) is 18.4 Å². The van der Waals surface area contributed by atoms with Gasteiger partial charge in [0, 0.05) is 12.7 Å². The molecule has 0 heterocycles. The number of nitrogens with one attached hydrogen (secondary N) is 1. The summed E-state index contributed by atoms with van der Waals surface area (Å²) in [6.07, 6.45) is 1.08. The first-order valence-electron chi connectivity index (χ1n) is 9.40. The van der Waals surface area contributed by atoms with Gasteiger partial charge < -0.3 is 10.1 Å². The molecule has 30 heavy (non-hydrogen) atoms. The van der Waals surface area contributed by atoms with Crippen molar-refractivity contribution in [2.24, 2.45) is 0 Å². The molecule has 0 spiro atoms. The van der Waals surface area contributed by atoms with Crippen molar-refractivity contribution in [3.63, 3.8) is 0 Å². The monoisotopic (exact) mass is 424 g/mol. The molecule has 3 rings (SSSR count). The molecule has 7 heteroatoms. The molecule has 156 valence electrons. The number of carbonyl (C=O) groups is 1. The maximum Gasteiger partial charge on any atom is 0.247 e. The van der Waals surface area contributed by atoms with Gasteiger partial charge in [-0.1, -0.05) is 60.7 Å². The minimum Gasteiger partial charge on any atom is -0.489 e. The predicted octanol–water partition coefficient (Wildman–Crippen LogP) is 3.84. The van der Waals surface area contributed by atoms with E-state index in [2.05, 4.69) is 5.32 Å². The molecule has 0 aliphatic rings. The molecule has 0 aromatic heterocycles. The highest BCUT2D eigenvalue weighted by Crippen LogP contribution is 2.24. The molecule has 0 saturated heterocycles. The molecule has 1 N–H and O–H groups in total. The molecule has 0 fully saturated rings. The van der Waals surface area contributed by atoms with Crippen molar-refractivity contribution < 1.29 is 17.9 Å². The van der Waals surface area contributed by atoms with Crippen LogP contribution in [-0.4, -0.2) is 31.9 Å². The number of benzene rings is 3. The SMILES string of the molecule is CN([C@@H](C(=O)Nc1ccc(OCc2ccccc2)cc1)c1ccccc1)S(C)(=O)=O. The van der Waals surface area contributed by atoms with Crippen molar-refractivity contribution >= 4 is 21.6 Å². The van der Waals surface area contributed by atoms with E-state index in [0.29, 0.717) is 23.6 Å². The number of hydrogen-bond donors (Lipinski definition) is 1. The van der Waals surface area contributed by atoms with E-state index in [1.54, 1.807) is 48.5 Å². The lowest BCUT2D eigenvalue weighted by Crippen LogP contribution is -2.38. The second-order valence-corrected chi connectivity index (χ2v) is 8.92. The number of carbonyl (C=O) groups excluding carboxylic acids is 1. The second kappa shape index (κ2) is 9.56. The summed E-state index contributed by atoms with van der Waals surface area (Å²) in [6.45, 7) is 0.446. The van der Waals surface area contributed by atoms with Crippen LogP contribution >= 0.6 is 0 Å². The van der Waals surface area contributed by atoms with Crippen LogP contribution in [0.25, 0.3) is 0 Å². The lowest BCUT2D eigenvalue weighted by atomic mass is 10.1. The first kappa shape index (κ1) is 21.5. The van der Waals surface area contributed by atoms with Crippen LogP contribution in [0.2, 0.25) is 0 Å². The summed E-state index contributed by atoms with van der Waals surface area (Å²) >= 11 is 0. The third-order valence-electron chi connectivity index (χ3n) is 4.62. The highest BCUT2D eigenvalue weighted by Gasteiger charge is 2.30. The van der Waals surface area contributed by atoms with Crippen LogP contribution in [-0.2, 0) is 21.4 Å². The van der Waals surface area contributed by atoms with E-state index in [-0.39, 0.29) is 0 Å². The molecule has 1 amide bonds. The Morgan fingerprint density at radius 2 is 1.50 bits per heavy atom. The van der Waals surface area contributed by atoms with Gasteiger partial charge in [-0.15, -0.1) is 0 Å². The second-order valence-electron chi connectivity index (χ2n) is 6.88. The topological polar surface area (TPSA) is 75.7 Å². The van der Waals surface area contributed by atoms with Crippen molar-refractivity contribution in [1.82, 2.24) is 4.31 Å². The summed E-state index contributed by atoms with van der Waals surface area (Å²) in [5, 5.41) is 2.79. The quantitative estimate of drug-likeness (QED) is 0.596. The van der Waals surface area contributed by atoms with E-state index in [1.807, 2.05) is 36.4 Å². The van der Waals surface area contributed by atoms with E-state index >= 15 is 0 Å². The Morgan fingerprint density at radius 1 is 0.933 bits per heavy atom. The molecular weight excluding hydrogens is 400 g/mol. The molecule has 6 nitrogen and oxygen atoms in total. The minimum absolute atomic E-state index is 0.438. The number of likely N-dealkylation sites (N-methyl/N-ethyl adjacent to an activating group) is 1. The van der Waals surface area contributed by atoms with Crippen LogP contribution in [0.4, 0.5) is 5.69 Å². The van der Waals surface area contributed by atoms with E-state index in [9.17, 15) is 13.2 Å². The molecule has 0 unspecified atom stereocenters. The molecule has 1 atom stereocenters. The number of sulfonamides is 1. The number of ether oxygens (including phenoxy) is 1. The van der Waals surface area contributed by atoms with E-state index in [4.69, 9.17) is 4.74 Å². The number of amides is 1. The standard InChI is InChI=1S/C23H24N2O4S/c1-25(30(2,27)28)22(19-11-7-4-8-12-19)23(26)24-20-13-15-21(16-14-20)29-17-18-9-5-3-6-10-18/h3-16,22H,17H2,1-2H3,(H,24,26)/t22-/m1/s1. The van der Waals surface area contributed by atoms with Gasteiger partial charge in [0.2, 0.25) is 15.9 Å². The number of hydrogen-bond acceptors (Lipinski definition) is 4. The Labute approximate surface area is 177 Å². The molecule has 0 aliphatic carbocycles. The van der Waals surface area contributed by atoms with Crippen molar-refractivity contribution in [3.05, 3.63) is 96.1 Å². The zero-order valence-corrected chi connectivity index (χ0v) is 17.7. The average molecular weight is 425 g/mol. The van der Waals surface area contributed by atoms with E-state index < -0.39 is 22.0 Å². The smallest absolute Gasteiger partial charge is 0.247 e. The van der Waals surface area contributed by atoms with Crippen molar-refractivity contribution in [1.29, 1.82) is 0 Å². The lowest BCUT2D eigenvalue weighted by Gasteiger charge is -2.25. The first-order chi connectivity index (χ1) is 14.3. The van der Waals surface area contributed by atoms with Crippen LogP contribution in [0.1, 0.15) is 17.2 Å². The fraction of sp³-hybridized carbons (Fsp3) is 0.174. The normalized spacial score (nSPS) is 12.4. The Kier molecular flexibility index (Phi) is 6.87. The van der Waals surface area contributed by atoms with Crippen LogP contribution in [0.5, 0.6) is 5.75 Å². The Morgan fingerprint density at radius 3 is 2.07 bits per heavy atom. The Balaban J connectivity index is 1.71. The zero-order chi connectivity index (χ0) is 21.6. The van der Waals surface area contributed by atoms with Gasteiger partial charge in [0.15, 0.2) is 0 Å². The Bertz CT molecular complexity index is 1070. The summed E-state index contributed by atoms with van der Waals surface area (Å²) in [4.78, 5) is 12.9. The fourth-order valence-corrected chi connectivity index (χ4v) is 3.54. The van der Waals surface area contributed by atoms with Gasteiger partial charge >= 0.3 is 0 Å². The van der Waals surface area contributed by atoms with Crippen molar-refractivity contribution in [3.8, 4) is 5.75 Å². The maximum absolute atomic E-state index is 12.9. The van der Waals surface area contributed by atoms with Gasteiger partial charge in [0.05, 0.1) is 6.26 Å². The van der Waals surface area contributed by atoms with Gasteiger partial charge in [-0.3, -0.25) is 4.79 Å². The fourth-order valence-electron chi connectivity index (χ4n) is 2.94. The maximum atomic E-state index is 12.9. The van der Waals surface area contributed by atoms with E-state index in [0.717, 1.165) is 16.1 Å². The first-order valence-corrected chi connectivity index (χ1v) is 11.2. The molecule has 0 radical (unpaired) electrons. The van der Waals surface area contributed by atoms with Gasteiger partial charge in [-0.2, -0.15) is 4.31 Å². The van der Waals surface area contributed by atoms with Gasteiger partial charge in [-0.05, 0) is 35.4 Å². The molecule has 3 aromatic carbocycles. The molecule has 3 aromatic rings. The summed E-state index contributed by atoms with van der Waals surface area (Å²) < 4.78 is 30.9. The van der Waals surface area contributed by atoms with Gasteiger partial charge in [0.25, 0.3) is 0 Å². The highest BCUT2D eigenvalue weighted by molar-refractivity contribution is 7.88. The summed E-state index contributed by atoms with van der Waals surface area (Å²) in [5.41, 5.74) is 2.20. The Hall–Kier alpha value is -3.16. The highest BCUT2D eigenvalue weighted by atomic mass is 32.2. The summed E-state index contributed by atoms with van der Waals surface area (Å²) in [6, 6.07) is 24.6. The zero-order valence-electron chi connectivity index (χ0n) is 16.9. The van der Waals surface area contributed by atoms with Crippen molar-refractivity contribution in [2.45, 2.75) is 12.6 Å². The predicted molar refractivity (Wildman–Crippen MR) is 118 cm³/mol. The number of nitrogens with zero attached hydrogens (tertiary/aromatic N) is 1. The van der Waals surface area contributed by atoms with E-state index in [1.165, 1.54) is 7.05 Å². The third-order valence-corrected chi connectivity index (χ3v) is 5.88. The molecule has 0 bridgehead atoms. The van der Waals surface area contributed by atoms with Crippen LogP contribution < -0.4 is 10.1 Å². The third kappa shape index (κ3) is 5.68.